The minimum absolute atomic E-state index is 0.483. The molecule has 5 rings (SSSR count). The van der Waals surface area contributed by atoms with Crippen LogP contribution >= 0.6 is 0 Å². The molecule has 1 aliphatic heterocycles. The molecule has 9 heteroatoms. The van der Waals surface area contributed by atoms with E-state index in [0.29, 0.717) is 16.8 Å². The van der Waals surface area contributed by atoms with Crippen LogP contribution in [-0.4, -0.2) is 55.5 Å². The Labute approximate surface area is 167 Å². The van der Waals surface area contributed by atoms with Gasteiger partial charge in [-0.25, -0.2) is 14.5 Å². The van der Waals surface area contributed by atoms with Crippen LogP contribution in [0.1, 0.15) is 5.56 Å². The van der Waals surface area contributed by atoms with E-state index in [0.717, 1.165) is 48.8 Å². The summed E-state index contributed by atoms with van der Waals surface area (Å²) in [5, 5.41) is 21.5. The number of nitrogens with one attached hydrogen (secondary N) is 1. The molecule has 0 aromatic carbocycles. The summed E-state index contributed by atoms with van der Waals surface area (Å²) in [6, 6.07) is 6.23. The van der Waals surface area contributed by atoms with Crippen molar-refractivity contribution in [1.82, 2.24) is 34.7 Å². The molecule has 0 amide bonds. The Bertz CT molecular complexity index is 1210. The minimum Gasteiger partial charge on any atom is -0.354 e. The van der Waals surface area contributed by atoms with E-state index in [1.165, 1.54) is 0 Å². The fourth-order valence-corrected chi connectivity index (χ4v) is 3.60. The van der Waals surface area contributed by atoms with E-state index in [9.17, 15) is 5.26 Å². The van der Waals surface area contributed by atoms with Crippen molar-refractivity contribution in [3.63, 3.8) is 0 Å². The highest BCUT2D eigenvalue weighted by Crippen LogP contribution is 2.29. The van der Waals surface area contributed by atoms with Gasteiger partial charge >= 0.3 is 0 Å². The van der Waals surface area contributed by atoms with Crippen molar-refractivity contribution in [2.45, 2.75) is 0 Å². The molecule has 1 aliphatic rings. The second kappa shape index (κ2) is 7.00. The lowest BCUT2D eigenvalue weighted by Crippen LogP contribution is -2.43. The summed E-state index contributed by atoms with van der Waals surface area (Å²) >= 11 is 0. The summed E-state index contributed by atoms with van der Waals surface area (Å²) in [6.45, 7) is 3.79. The van der Waals surface area contributed by atoms with Crippen LogP contribution in [0, 0.1) is 11.3 Å². The van der Waals surface area contributed by atoms with Gasteiger partial charge in [0.05, 0.1) is 30.0 Å². The van der Waals surface area contributed by atoms with E-state index >= 15 is 0 Å². The third-order valence-electron chi connectivity index (χ3n) is 5.08. The Morgan fingerprint density at radius 1 is 1.03 bits per heavy atom. The van der Waals surface area contributed by atoms with E-state index in [-0.39, 0.29) is 0 Å². The quantitative estimate of drug-likeness (QED) is 0.570. The summed E-state index contributed by atoms with van der Waals surface area (Å²) in [4.78, 5) is 11.8. The predicted octanol–water partition coefficient (Wildman–Crippen LogP) is 1.47. The molecule has 1 fully saturated rings. The molecule has 0 radical (unpaired) electrons. The maximum Gasteiger partial charge on any atom is 0.128 e. The molecule has 0 bridgehead atoms. The number of fused-ring (bicyclic) bond motifs is 1. The van der Waals surface area contributed by atoms with E-state index in [2.05, 4.69) is 31.5 Å². The van der Waals surface area contributed by atoms with Gasteiger partial charge in [0.15, 0.2) is 0 Å². The zero-order valence-corrected chi connectivity index (χ0v) is 15.9. The normalized spacial score (nSPS) is 14.3. The van der Waals surface area contributed by atoms with E-state index < -0.39 is 0 Å². The fraction of sp³-hybridized carbons (Fsp3) is 0.250. The summed E-state index contributed by atoms with van der Waals surface area (Å²) < 4.78 is 3.43. The van der Waals surface area contributed by atoms with Crippen LogP contribution in [0.5, 0.6) is 0 Å². The molecule has 4 aromatic rings. The van der Waals surface area contributed by atoms with Gasteiger partial charge in [0.2, 0.25) is 0 Å². The molecule has 0 atom stereocenters. The number of rotatable bonds is 3. The van der Waals surface area contributed by atoms with Gasteiger partial charge in [-0.05, 0) is 12.1 Å². The molecular formula is C20H19N9. The summed E-state index contributed by atoms with van der Waals surface area (Å²) in [5.74, 6) is 0.948. The number of nitriles is 1. The van der Waals surface area contributed by atoms with Crippen LogP contribution in [-0.2, 0) is 7.05 Å². The van der Waals surface area contributed by atoms with Crippen molar-refractivity contribution in [2.75, 3.05) is 31.1 Å². The van der Waals surface area contributed by atoms with Gasteiger partial charge in [-0.3, -0.25) is 4.68 Å². The van der Waals surface area contributed by atoms with Crippen molar-refractivity contribution in [3.8, 4) is 28.6 Å². The molecule has 5 heterocycles. The molecule has 0 unspecified atom stereocenters. The standard InChI is InChI=1S/C20H19N9/c1-27-12-16(11-24-27)17-13-29-20(15(8-21)10-25-29)19(26-17)14-2-3-18(23-9-14)28-6-4-22-5-7-28/h2-3,9-13,22H,4-7H2,1H3. The Balaban J connectivity index is 1.62. The third kappa shape index (κ3) is 3.09. The fourth-order valence-electron chi connectivity index (χ4n) is 3.60. The van der Waals surface area contributed by atoms with Crippen molar-refractivity contribution in [3.05, 3.63) is 48.7 Å². The third-order valence-corrected chi connectivity index (χ3v) is 5.08. The first-order valence-electron chi connectivity index (χ1n) is 9.42. The van der Waals surface area contributed by atoms with Gasteiger partial charge < -0.3 is 10.2 Å². The zero-order chi connectivity index (χ0) is 19.8. The highest BCUT2D eigenvalue weighted by molar-refractivity contribution is 5.83. The molecule has 0 spiro atoms. The summed E-state index contributed by atoms with van der Waals surface area (Å²) in [7, 11) is 1.86. The summed E-state index contributed by atoms with van der Waals surface area (Å²) in [6.07, 6.45) is 8.87. The highest BCUT2D eigenvalue weighted by atomic mass is 15.2. The molecule has 0 saturated carbocycles. The Hall–Kier alpha value is -3.77. The number of hydrogen-bond acceptors (Lipinski definition) is 7. The van der Waals surface area contributed by atoms with Gasteiger partial charge in [0.1, 0.15) is 23.0 Å². The second-order valence-electron chi connectivity index (χ2n) is 6.98. The highest BCUT2D eigenvalue weighted by Gasteiger charge is 2.17. The van der Waals surface area contributed by atoms with Crippen LogP contribution in [0.4, 0.5) is 5.82 Å². The topological polar surface area (TPSA) is 100.0 Å². The van der Waals surface area contributed by atoms with E-state index in [1.807, 2.05) is 37.8 Å². The van der Waals surface area contributed by atoms with Gasteiger partial charge in [-0.1, -0.05) is 0 Å². The Morgan fingerprint density at radius 3 is 2.59 bits per heavy atom. The summed E-state index contributed by atoms with van der Waals surface area (Å²) in [5.41, 5.74) is 4.30. The molecule has 1 N–H and O–H groups in total. The number of anilines is 1. The van der Waals surface area contributed by atoms with Crippen LogP contribution < -0.4 is 10.2 Å². The van der Waals surface area contributed by atoms with Crippen molar-refractivity contribution >= 4 is 11.3 Å². The lowest BCUT2D eigenvalue weighted by Gasteiger charge is -2.28. The largest absolute Gasteiger partial charge is 0.354 e. The molecule has 0 aliphatic carbocycles. The molecule has 29 heavy (non-hydrogen) atoms. The number of piperazine rings is 1. The number of nitrogens with zero attached hydrogens (tertiary/aromatic N) is 8. The maximum atomic E-state index is 9.53. The van der Waals surface area contributed by atoms with Crippen LogP contribution in [0.3, 0.4) is 0 Å². The van der Waals surface area contributed by atoms with Crippen molar-refractivity contribution in [1.29, 1.82) is 5.26 Å². The zero-order valence-electron chi connectivity index (χ0n) is 15.9. The molecule has 4 aromatic heterocycles. The van der Waals surface area contributed by atoms with Gasteiger partial charge in [-0.2, -0.15) is 15.5 Å². The first kappa shape index (κ1) is 17.3. The number of aryl methyl sites for hydroxylation is 1. The molecule has 9 nitrogen and oxygen atoms in total. The smallest absolute Gasteiger partial charge is 0.128 e. The van der Waals surface area contributed by atoms with Gasteiger partial charge in [0, 0.05) is 56.7 Å². The molecule has 144 valence electrons. The average molecular weight is 385 g/mol. The number of hydrogen-bond donors (Lipinski definition) is 1. The average Bonchev–Trinajstić information content (AvgIpc) is 3.40. The second-order valence-corrected chi connectivity index (χ2v) is 6.98. The monoisotopic (exact) mass is 385 g/mol. The lowest BCUT2D eigenvalue weighted by molar-refractivity contribution is 0.585. The van der Waals surface area contributed by atoms with Crippen molar-refractivity contribution < 1.29 is 0 Å². The Morgan fingerprint density at radius 2 is 1.90 bits per heavy atom. The van der Waals surface area contributed by atoms with Crippen molar-refractivity contribution in [2.24, 2.45) is 7.05 Å². The SMILES string of the molecule is Cn1cc(-c2cn3ncc(C#N)c3c(-c3ccc(N4CCNCC4)nc3)n2)cn1. The Kier molecular flexibility index (Phi) is 4.18. The maximum absolute atomic E-state index is 9.53. The van der Waals surface area contributed by atoms with Gasteiger partial charge in [0.25, 0.3) is 0 Å². The van der Waals surface area contributed by atoms with Crippen LogP contribution in [0.25, 0.3) is 28.0 Å². The van der Waals surface area contributed by atoms with E-state index in [1.54, 1.807) is 21.6 Å². The number of pyridine rings is 1. The lowest BCUT2D eigenvalue weighted by atomic mass is 10.1. The van der Waals surface area contributed by atoms with Crippen LogP contribution in [0.2, 0.25) is 0 Å². The first-order valence-corrected chi connectivity index (χ1v) is 9.42. The molecule has 1 saturated heterocycles. The number of aromatic nitrogens is 6. The minimum atomic E-state index is 0.483. The van der Waals surface area contributed by atoms with Crippen LogP contribution in [0.15, 0.2) is 43.1 Å². The van der Waals surface area contributed by atoms with Gasteiger partial charge in [-0.15, -0.1) is 0 Å². The first-order chi connectivity index (χ1) is 14.2. The molecular weight excluding hydrogens is 366 g/mol. The van der Waals surface area contributed by atoms with E-state index in [4.69, 9.17) is 4.98 Å². The predicted molar refractivity (Wildman–Crippen MR) is 108 cm³/mol.